The Morgan fingerprint density at radius 1 is 1.38 bits per heavy atom. The molecule has 0 bridgehead atoms. The summed E-state index contributed by atoms with van der Waals surface area (Å²) in [4.78, 5) is 17.8. The van der Waals surface area contributed by atoms with Gasteiger partial charge in [0.05, 0.1) is 19.3 Å². The smallest absolute Gasteiger partial charge is 0.220 e. The third-order valence-corrected chi connectivity index (χ3v) is 4.82. The molecule has 1 aliphatic rings. The van der Waals surface area contributed by atoms with Crippen molar-refractivity contribution in [2.24, 2.45) is 0 Å². The zero-order valence-corrected chi connectivity index (χ0v) is 15.7. The monoisotopic (exact) mass is 359 g/mol. The fourth-order valence-corrected chi connectivity index (χ4v) is 3.29. The highest BCUT2D eigenvalue weighted by atomic mass is 16.5. The Kier molecular flexibility index (Phi) is 6.66. The van der Waals surface area contributed by atoms with Crippen molar-refractivity contribution < 1.29 is 14.3 Å². The van der Waals surface area contributed by atoms with Crippen LogP contribution in [0.25, 0.3) is 10.9 Å². The molecule has 0 aliphatic carbocycles. The fourth-order valence-electron chi connectivity index (χ4n) is 3.29. The minimum atomic E-state index is -0.0688. The van der Waals surface area contributed by atoms with E-state index in [9.17, 15) is 4.79 Å². The second kappa shape index (κ2) is 9.16. The van der Waals surface area contributed by atoms with Gasteiger partial charge in [-0.3, -0.25) is 4.79 Å². The second-order valence-electron chi connectivity index (χ2n) is 7.11. The fraction of sp³-hybridized carbons (Fsp3) is 0.550. The lowest BCUT2D eigenvalue weighted by Gasteiger charge is -2.32. The number of nitrogens with one attached hydrogen (secondary N) is 2. The van der Waals surface area contributed by atoms with E-state index in [1.807, 2.05) is 32.4 Å². The summed E-state index contributed by atoms with van der Waals surface area (Å²) in [6.45, 7) is 2.71. The second-order valence-corrected chi connectivity index (χ2v) is 7.11. The van der Waals surface area contributed by atoms with Gasteiger partial charge in [0.1, 0.15) is 6.10 Å². The van der Waals surface area contributed by atoms with Crippen LogP contribution >= 0.6 is 0 Å². The van der Waals surface area contributed by atoms with E-state index >= 15 is 0 Å². The maximum atomic E-state index is 12.4. The SMILES string of the molecule is CN(C)CCO[C@@H]1COCC[C@H]1NC(=O)CCc1c[nH]c2ccccc12. The average Bonchev–Trinajstić information content (AvgIpc) is 3.04. The van der Waals surface area contributed by atoms with E-state index < -0.39 is 0 Å². The number of aromatic nitrogens is 1. The van der Waals surface area contributed by atoms with E-state index in [0.29, 0.717) is 26.2 Å². The van der Waals surface area contributed by atoms with Gasteiger partial charge in [0.2, 0.25) is 5.91 Å². The van der Waals surface area contributed by atoms with Crippen molar-refractivity contribution in [3.63, 3.8) is 0 Å². The molecule has 2 N–H and O–H groups in total. The van der Waals surface area contributed by atoms with Gasteiger partial charge >= 0.3 is 0 Å². The summed E-state index contributed by atoms with van der Waals surface area (Å²) in [5, 5.41) is 4.34. The maximum Gasteiger partial charge on any atom is 0.220 e. The first-order chi connectivity index (χ1) is 12.6. The summed E-state index contributed by atoms with van der Waals surface area (Å²) in [6, 6.07) is 8.21. The van der Waals surface area contributed by atoms with Crippen molar-refractivity contribution in [2.75, 3.05) is 40.5 Å². The lowest BCUT2D eigenvalue weighted by Crippen LogP contribution is -2.50. The number of fused-ring (bicyclic) bond motifs is 1. The molecule has 1 amide bonds. The van der Waals surface area contributed by atoms with E-state index in [4.69, 9.17) is 9.47 Å². The number of ether oxygens (including phenoxy) is 2. The van der Waals surface area contributed by atoms with E-state index in [1.54, 1.807) is 0 Å². The van der Waals surface area contributed by atoms with Crippen LogP contribution in [0.1, 0.15) is 18.4 Å². The molecule has 0 saturated carbocycles. The Morgan fingerprint density at radius 2 is 2.23 bits per heavy atom. The molecule has 0 spiro atoms. The molecule has 26 heavy (non-hydrogen) atoms. The van der Waals surface area contributed by atoms with Gasteiger partial charge in [0.25, 0.3) is 0 Å². The number of H-pyrrole nitrogens is 1. The topological polar surface area (TPSA) is 66.6 Å². The summed E-state index contributed by atoms with van der Waals surface area (Å²) in [7, 11) is 4.04. The van der Waals surface area contributed by atoms with Crippen molar-refractivity contribution in [1.29, 1.82) is 0 Å². The average molecular weight is 359 g/mol. The van der Waals surface area contributed by atoms with Gasteiger partial charge in [-0.1, -0.05) is 18.2 Å². The molecule has 1 saturated heterocycles. The lowest BCUT2D eigenvalue weighted by atomic mass is 10.0. The molecule has 1 aromatic heterocycles. The minimum absolute atomic E-state index is 0.0291. The predicted octanol–water partition coefficient (Wildman–Crippen LogP) is 1.95. The van der Waals surface area contributed by atoms with Crippen LogP contribution in [0.3, 0.4) is 0 Å². The number of para-hydroxylation sites is 1. The third-order valence-electron chi connectivity index (χ3n) is 4.82. The van der Waals surface area contributed by atoms with Gasteiger partial charge in [0.15, 0.2) is 0 Å². The number of hydrogen-bond acceptors (Lipinski definition) is 4. The third kappa shape index (κ3) is 5.06. The van der Waals surface area contributed by atoms with Gasteiger partial charge in [0, 0.05) is 36.7 Å². The van der Waals surface area contributed by atoms with Crippen LogP contribution in [0.2, 0.25) is 0 Å². The van der Waals surface area contributed by atoms with Crippen molar-refractivity contribution >= 4 is 16.8 Å². The van der Waals surface area contributed by atoms with Crippen molar-refractivity contribution in [3.05, 3.63) is 36.0 Å². The summed E-state index contributed by atoms with van der Waals surface area (Å²) in [5.41, 5.74) is 2.29. The Labute approximate surface area is 154 Å². The van der Waals surface area contributed by atoms with E-state index in [2.05, 4.69) is 27.3 Å². The zero-order chi connectivity index (χ0) is 18.4. The van der Waals surface area contributed by atoms with Crippen LogP contribution < -0.4 is 5.32 Å². The highest BCUT2D eigenvalue weighted by Crippen LogP contribution is 2.19. The molecule has 6 heteroatoms. The summed E-state index contributed by atoms with van der Waals surface area (Å²) in [5.74, 6) is 0.0726. The van der Waals surface area contributed by atoms with Crippen molar-refractivity contribution in [2.45, 2.75) is 31.4 Å². The number of carbonyl (C=O) groups excluding carboxylic acids is 1. The molecule has 0 unspecified atom stereocenters. The molecule has 2 heterocycles. The number of rotatable bonds is 8. The van der Waals surface area contributed by atoms with Crippen molar-refractivity contribution in [3.8, 4) is 0 Å². The number of aromatic amines is 1. The van der Waals surface area contributed by atoms with Gasteiger partial charge in [-0.15, -0.1) is 0 Å². The number of carbonyl (C=O) groups is 1. The maximum absolute atomic E-state index is 12.4. The van der Waals surface area contributed by atoms with Crippen LogP contribution in [0.15, 0.2) is 30.5 Å². The molecule has 1 aromatic carbocycles. The first kappa shape index (κ1) is 18.9. The normalized spacial score (nSPS) is 20.6. The first-order valence-corrected chi connectivity index (χ1v) is 9.32. The van der Waals surface area contributed by atoms with Gasteiger partial charge < -0.3 is 24.7 Å². The Balaban J connectivity index is 1.49. The van der Waals surface area contributed by atoms with Crippen LogP contribution in [0.4, 0.5) is 0 Å². The molecule has 0 radical (unpaired) electrons. The number of hydrogen-bond donors (Lipinski definition) is 2. The largest absolute Gasteiger partial charge is 0.379 e. The highest BCUT2D eigenvalue weighted by molar-refractivity contribution is 5.84. The summed E-state index contributed by atoms with van der Waals surface area (Å²) < 4.78 is 11.5. The Bertz CT molecular complexity index is 713. The number of benzene rings is 1. The standard InChI is InChI=1S/C20H29N3O3/c1-23(2)10-12-26-19-14-25-11-9-18(19)22-20(24)8-7-15-13-21-17-6-4-3-5-16(15)17/h3-6,13,18-19,21H,7-12,14H2,1-2H3,(H,22,24)/t18-,19-/m1/s1. The van der Waals surface area contributed by atoms with Crippen molar-refractivity contribution in [1.82, 2.24) is 15.2 Å². The highest BCUT2D eigenvalue weighted by Gasteiger charge is 2.27. The Morgan fingerprint density at radius 3 is 3.08 bits per heavy atom. The van der Waals surface area contributed by atoms with E-state index in [-0.39, 0.29) is 18.1 Å². The van der Waals surface area contributed by atoms with Crippen LogP contribution in [0.5, 0.6) is 0 Å². The molecule has 3 rings (SSSR count). The lowest BCUT2D eigenvalue weighted by molar-refractivity contribution is -0.126. The minimum Gasteiger partial charge on any atom is -0.379 e. The number of aryl methyl sites for hydroxylation is 1. The molecule has 2 atom stereocenters. The zero-order valence-electron chi connectivity index (χ0n) is 15.7. The van der Waals surface area contributed by atoms with Crippen LogP contribution in [0, 0.1) is 0 Å². The quantitative estimate of drug-likeness (QED) is 0.756. The molecule has 142 valence electrons. The van der Waals surface area contributed by atoms with E-state index in [0.717, 1.165) is 24.9 Å². The van der Waals surface area contributed by atoms with Gasteiger partial charge in [-0.05, 0) is 38.6 Å². The molecular weight excluding hydrogens is 330 g/mol. The van der Waals surface area contributed by atoms with Gasteiger partial charge in [-0.2, -0.15) is 0 Å². The Hall–Kier alpha value is -1.89. The first-order valence-electron chi connectivity index (χ1n) is 9.32. The van der Waals surface area contributed by atoms with Crippen LogP contribution in [-0.4, -0.2) is 68.4 Å². The number of amides is 1. The summed E-state index contributed by atoms with van der Waals surface area (Å²) >= 11 is 0. The summed E-state index contributed by atoms with van der Waals surface area (Å²) in [6.07, 6.45) is 3.93. The van der Waals surface area contributed by atoms with E-state index in [1.165, 1.54) is 10.9 Å². The number of nitrogens with zero attached hydrogens (tertiary/aromatic N) is 1. The molecular formula is C20H29N3O3. The molecule has 1 fully saturated rings. The van der Waals surface area contributed by atoms with Crippen LogP contribution in [-0.2, 0) is 20.7 Å². The molecule has 2 aromatic rings. The molecule has 6 nitrogen and oxygen atoms in total. The predicted molar refractivity (Wildman–Crippen MR) is 102 cm³/mol. The molecule has 1 aliphatic heterocycles. The number of likely N-dealkylation sites (N-methyl/N-ethyl adjacent to an activating group) is 1. The van der Waals surface area contributed by atoms with Gasteiger partial charge in [-0.25, -0.2) is 0 Å².